The smallest absolute Gasteiger partial charge is 0.408 e. The largest absolute Gasteiger partial charge is 0.467 e. The summed E-state index contributed by atoms with van der Waals surface area (Å²) in [7, 11) is -2.80. The van der Waals surface area contributed by atoms with Gasteiger partial charge in [0.25, 0.3) is 10.1 Å². The fourth-order valence-electron chi connectivity index (χ4n) is 1.52. The zero-order valence-electron chi connectivity index (χ0n) is 15.5. The predicted molar refractivity (Wildman–Crippen MR) is 95.2 cm³/mol. The number of hydrogen-bond acceptors (Lipinski definition) is 7. The van der Waals surface area contributed by atoms with Gasteiger partial charge in [0.05, 0.1) is 12.0 Å². The summed E-state index contributed by atoms with van der Waals surface area (Å²) in [5.41, 5.74) is 5.63. The molecule has 4 N–H and O–H groups in total. The average molecular weight is 390 g/mol. The number of ether oxygens (including phenoxy) is 2. The monoisotopic (exact) mass is 390 g/mol. The fraction of sp³-hybridized carbons (Fsp3) is 0.500. The van der Waals surface area contributed by atoms with E-state index in [1.54, 1.807) is 32.9 Å². The number of benzene rings is 1. The third kappa shape index (κ3) is 9.97. The number of carbonyl (C=O) groups excluding carboxylic acids is 2. The molecule has 0 aromatic heterocycles. The molecule has 0 bridgehead atoms. The maximum absolute atomic E-state index is 11.3. The number of nitrogens with one attached hydrogen (secondary N) is 1. The Morgan fingerprint density at radius 1 is 1.23 bits per heavy atom. The van der Waals surface area contributed by atoms with Gasteiger partial charge in [-0.1, -0.05) is 17.7 Å². The van der Waals surface area contributed by atoms with Crippen molar-refractivity contribution in [1.82, 2.24) is 5.32 Å². The molecule has 26 heavy (non-hydrogen) atoms. The van der Waals surface area contributed by atoms with Crippen LogP contribution in [-0.4, -0.2) is 50.3 Å². The topological polar surface area (TPSA) is 145 Å². The zero-order valence-corrected chi connectivity index (χ0v) is 16.3. The summed E-state index contributed by atoms with van der Waals surface area (Å²) in [5, 5.41) is 2.31. The van der Waals surface area contributed by atoms with Crippen LogP contribution in [0.3, 0.4) is 0 Å². The van der Waals surface area contributed by atoms with Crippen molar-refractivity contribution in [3.63, 3.8) is 0 Å². The second kappa shape index (κ2) is 10.1. The molecule has 148 valence electrons. The summed E-state index contributed by atoms with van der Waals surface area (Å²) in [6, 6.07) is 5.12. The van der Waals surface area contributed by atoms with Gasteiger partial charge in [0.15, 0.2) is 0 Å². The van der Waals surface area contributed by atoms with Gasteiger partial charge in [-0.3, -0.25) is 4.55 Å². The van der Waals surface area contributed by atoms with E-state index in [2.05, 4.69) is 10.1 Å². The third-order valence-corrected chi connectivity index (χ3v) is 3.60. The van der Waals surface area contributed by atoms with Gasteiger partial charge in [-0.15, -0.1) is 0 Å². The van der Waals surface area contributed by atoms with Crippen molar-refractivity contribution in [3.05, 3.63) is 29.8 Å². The Morgan fingerprint density at radius 2 is 1.73 bits per heavy atom. The summed E-state index contributed by atoms with van der Waals surface area (Å²) in [6.45, 7) is 6.98. The first-order valence-corrected chi connectivity index (χ1v) is 9.05. The van der Waals surface area contributed by atoms with Crippen LogP contribution in [0.1, 0.15) is 26.3 Å². The van der Waals surface area contributed by atoms with Crippen LogP contribution in [0.2, 0.25) is 0 Å². The SMILES string of the molecule is COC(=O)C(CN)NC(=O)OC(C)(C)C.Cc1ccc(S(=O)(=O)O)cc1. The Morgan fingerprint density at radius 3 is 2.08 bits per heavy atom. The molecule has 0 aliphatic heterocycles. The van der Waals surface area contributed by atoms with E-state index in [1.165, 1.54) is 19.2 Å². The maximum atomic E-state index is 11.3. The molecule has 0 spiro atoms. The summed E-state index contributed by atoms with van der Waals surface area (Å²) in [4.78, 5) is 22.3. The highest BCUT2D eigenvalue weighted by atomic mass is 32.2. The van der Waals surface area contributed by atoms with Crippen molar-refractivity contribution in [2.45, 2.75) is 44.2 Å². The lowest BCUT2D eigenvalue weighted by atomic mass is 10.2. The molecular formula is C16H26N2O7S. The fourth-order valence-corrected chi connectivity index (χ4v) is 2.00. The lowest BCUT2D eigenvalue weighted by molar-refractivity contribution is -0.142. The number of nitrogens with two attached hydrogens (primary N) is 1. The lowest BCUT2D eigenvalue weighted by Gasteiger charge is -2.21. The van der Waals surface area contributed by atoms with Crippen LogP contribution in [0.25, 0.3) is 0 Å². The molecule has 0 saturated heterocycles. The Hall–Kier alpha value is -2.17. The molecule has 1 aromatic rings. The van der Waals surface area contributed by atoms with Crippen molar-refractivity contribution in [2.75, 3.05) is 13.7 Å². The van der Waals surface area contributed by atoms with Gasteiger partial charge >= 0.3 is 12.1 Å². The van der Waals surface area contributed by atoms with Gasteiger partial charge in [0.1, 0.15) is 11.6 Å². The molecule has 0 aliphatic rings. The second-order valence-electron chi connectivity index (χ2n) is 6.25. The minimum Gasteiger partial charge on any atom is -0.467 e. The van der Waals surface area contributed by atoms with E-state index in [1.807, 2.05) is 6.92 Å². The summed E-state index contributed by atoms with van der Waals surface area (Å²) in [6.07, 6.45) is -0.691. The number of methoxy groups -OCH3 is 1. The van der Waals surface area contributed by atoms with Crippen LogP contribution < -0.4 is 11.1 Å². The Labute approximate surface area is 153 Å². The van der Waals surface area contributed by atoms with E-state index >= 15 is 0 Å². The van der Waals surface area contributed by atoms with Gasteiger partial charge in [-0.2, -0.15) is 8.42 Å². The van der Waals surface area contributed by atoms with E-state index in [4.69, 9.17) is 15.0 Å². The number of aryl methyl sites for hydroxylation is 1. The zero-order chi connectivity index (χ0) is 20.5. The van der Waals surface area contributed by atoms with Crippen molar-refractivity contribution in [3.8, 4) is 0 Å². The van der Waals surface area contributed by atoms with Crippen LogP contribution in [0.5, 0.6) is 0 Å². The summed E-state index contributed by atoms with van der Waals surface area (Å²) in [5.74, 6) is -0.594. The van der Waals surface area contributed by atoms with Crippen molar-refractivity contribution >= 4 is 22.2 Å². The molecule has 1 atom stereocenters. The first-order valence-electron chi connectivity index (χ1n) is 7.61. The van der Waals surface area contributed by atoms with Crippen LogP contribution in [-0.2, 0) is 24.4 Å². The molecule has 1 aromatic carbocycles. The van der Waals surface area contributed by atoms with E-state index in [0.717, 1.165) is 5.56 Å². The summed E-state index contributed by atoms with van der Waals surface area (Å²) < 4.78 is 38.9. The number of alkyl carbamates (subject to hydrolysis) is 1. The highest BCUT2D eigenvalue weighted by Crippen LogP contribution is 2.08. The van der Waals surface area contributed by atoms with E-state index in [0.29, 0.717) is 0 Å². The summed E-state index contributed by atoms with van der Waals surface area (Å²) >= 11 is 0. The Kier molecular flexibility index (Phi) is 9.25. The number of rotatable bonds is 4. The Bertz CT molecular complexity index is 694. The number of hydrogen-bond donors (Lipinski definition) is 3. The van der Waals surface area contributed by atoms with Gasteiger partial charge in [0, 0.05) is 6.54 Å². The van der Waals surface area contributed by atoms with Crippen LogP contribution in [0, 0.1) is 6.92 Å². The molecule has 1 amide bonds. The third-order valence-electron chi connectivity index (χ3n) is 2.73. The van der Waals surface area contributed by atoms with Crippen LogP contribution >= 0.6 is 0 Å². The van der Waals surface area contributed by atoms with Gasteiger partial charge in [-0.25, -0.2) is 9.59 Å². The van der Waals surface area contributed by atoms with Crippen LogP contribution in [0.4, 0.5) is 4.79 Å². The van der Waals surface area contributed by atoms with Crippen molar-refractivity contribution < 1.29 is 32.0 Å². The van der Waals surface area contributed by atoms with Gasteiger partial charge in [0.2, 0.25) is 0 Å². The number of esters is 1. The van der Waals surface area contributed by atoms with Crippen LogP contribution in [0.15, 0.2) is 29.2 Å². The van der Waals surface area contributed by atoms with Crippen molar-refractivity contribution in [2.24, 2.45) is 5.73 Å². The van der Waals surface area contributed by atoms with Gasteiger partial charge in [-0.05, 0) is 39.8 Å². The molecule has 0 fully saturated rings. The highest BCUT2D eigenvalue weighted by molar-refractivity contribution is 7.85. The number of amides is 1. The number of carbonyl (C=O) groups is 2. The molecule has 0 radical (unpaired) electrons. The molecule has 0 saturated carbocycles. The standard InChI is InChI=1S/C9H18N2O4.C7H8O3S/c1-9(2,3)15-8(13)11-6(5-10)7(12)14-4;1-6-2-4-7(5-3-6)11(8,9)10/h6H,5,10H2,1-4H3,(H,11,13);2-5H,1H3,(H,8,9,10). The molecule has 9 nitrogen and oxygen atoms in total. The normalized spacial score (nSPS) is 12.3. The maximum Gasteiger partial charge on any atom is 0.408 e. The Balaban J connectivity index is 0.000000502. The first kappa shape index (κ1) is 23.8. The average Bonchev–Trinajstić information content (AvgIpc) is 2.50. The van der Waals surface area contributed by atoms with E-state index < -0.39 is 33.8 Å². The lowest BCUT2D eigenvalue weighted by Crippen LogP contribution is -2.48. The van der Waals surface area contributed by atoms with Crippen molar-refractivity contribution in [1.29, 1.82) is 0 Å². The van der Waals surface area contributed by atoms with E-state index in [-0.39, 0.29) is 11.4 Å². The molecule has 1 rings (SSSR count). The van der Waals surface area contributed by atoms with Gasteiger partial charge < -0.3 is 20.5 Å². The molecule has 1 unspecified atom stereocenters. The minimum absolute atomic E-state index is 0.0358. The molecule has 0 heterocycles. The first-order chi connectivity index (χ1) is 11.8. The molecular weight excluding hydrogens is 364 g/mol. The minimum atomic E-state index is -4.02. The predicted octanol–water partition coefficient (Wildman–Crippen LogP) is 1.25. The molecule has 0 aliphatic carbocycles. The second-order valence-corrected chi connectivity index (χ2v) is 7.67. The highest BCUT2D eigenvalue weighted by Gasteiger charge is 2.23. The molecule has 10 heteroatoms. The quantitative estimate of drug-likeness (QED) is 0.514. The van der Waals surface area contributed by atoms with E-state index in [9.17, 15) is 18.0 Å².